The van der Waals surface area contributed by atoms with E-state index in [-0.39, 0.29) is 18.4 Å². The van der Waals surface area contributed by atoms with Gasteiger partial charge in [0.1, 0.15) is 11.3 Å². The predicted molar refractivity (Wildman–Crippen MR) is 189 cm³/mol. The SMILES string of the molecule is C/C=C(\C)C(=O)O[C@]1(C)CC=C2CSSC[C@@H]3[C@@H](CNC)CN3C(=O)CC3=C(C=C(N)NC3)[C@H]2[C@]12Cc1cc3ccc(=O)oc3cc1O2. The van der Waals surface area contributed by atoms with Crippen molar-refractivity contribution < 1.29 is 23.5 Å². The van der Waals surface area contributed by atoms with Crippen molar-refractivity contribution in [1.82, 2.24) is 15.5 Å². The van der Waals surface area contributed by atoms with E-state index in [0.717, 1.165) is 52.3 Å². The van der Waals surface area contributed by atoms with Crippen LogP contribution in [-0.2, 0) is 20.7 Å². The second-order valence-corrected chi connectivity index (χ2v) is 16.1. The molecule has 1 aliphatic carbocycles. The van der Waals surface area contributed by atoms with Gasteiger partial charge in [-0.05, 0) is 62.7 Å². The molecule has 1 fully saturated rings. The van der Waals surface area contributed by atoms with Crippen LogP contribution < -0.4 is 26.7 Å². The lowest BCUT2D eigenvalue weighted by Crippen LogP contribution is -2.65. The van der Waals surface area contributed by atoms with E-state index in [1.54, 1.807) is 46.7 Å². The lowest BCUT2D eigenvalue weighted by atomic mass is 9.61. The first kappa shape index (κ1) is 32.9. The van der Waals surface area contributed by atoms with Gasteiger partial charge < -0.3 is 35.2 Å². The molecule has 48 heavy (non-hydrogen) atoms. The number of carbonyl (C=O) groups is 2. The molecule has 4 N–H and O–H groups in total. The Morgan fingerprint density at radius 3 is 2.90 bits per heavy atom. The van der Waals surface area contributed by atoms with Crippen LogP contribution in [0.4, 0.5) is 0 Å². The average Bonchev–Trinajstić information content (AvgIpc) is 3.42. The number of rotatable bonds is 4. The molecule has 5 aliphatic rings. The summed E-state index contributed by atoms with van der Waals surface area (Å²) in [6, 6.07) is 7.12. The average molecular weight is 691 g/mol. The molecular weight excluding hydrogens is 649 g/mol. The van der Waals surface area contributed by atoms with E-state index >= 15 is 0 Å². The Morgan fingerprint density at radius 1 is 1.27 bits per heavy atom. The largest absolute Gasteiger partial charge is 0.481 e. The van der Waals surface area contributed by atoms with Crippen LogP contribution in [0.3, 0.4) is 0 Å². The van der Waals surface area contributed by atoms with Crippen LogP contribution >= 0.6 is 21.6 Å². The highest BCUT2D eigenvalue weighted by molar-refractivity contribution is 8.76. The van der Waals surface area contributed by atoms with Crippen LogP contribution in [0.5, 0.6) is 5.75 Å². The van der Waals surface area contributed by atoms with E-state index in [9.17, 15) is 14.4 Å². The summed E-state index contributed by atoms with van der Waals surface area (Å²) in [6.45, 7) is 7.57. The molecule has 0 unspecified atom stereocenters. The number of carbonyl (C=O) groups excluding carboxylic acids is 2. The minimum atomic E-state index is -1.11. The molecule has 2 aromatic rings. The second-order valence-electron chi connectivity index (χ2n) is 13.6. The lowest BCUT2D eigenvalue weighted by Gasteiger charge is -2.53. The number of benzene rings is 1. The molecule has 1 aromatic carbocycles. The summed E-state index contributed by atoms with van der Waals surface area (Å²) in [6.07, 6.45) is 7.02. The smallest absolute Gasteiger partial charge is 0.336 e. The third kappa shape index (κ3) is 5.55. The van der Waals surface area contributed by atoms with Crippen molar-refractivity contribution in [1.29, 1.82) is 0 Å². The molecule has 5 atom stereocenters. The molecule has 0 saturated carbocycles. The van der Waals surface area contributed by atoms with Gasteiger partial charge in [0.05, 0.1) is 18.2 Å². The predicted octanol–water partition coefficient (Wildman–Crippen LogP) is 4.21. The summed E-state index contributed by atoms with van der Waals surface area (Å²) >= 11 is 0. The van der Waals surface area contributed by atoms with Crippen LogP contribution in [-0.4, -0.2) is 72.2 Å². The summed E-state index contributed by atoms with van der Waals surface area (Å²) < 4.78 is 19.2. The van der Waals surface area contributed by atoms with Crippen LogP contribution in [0.2, 0.25) is 0 Å². The first-order chi connectivity index (χ1) is 23.1. The van der Waals surface area contributed by atoms with Gasteiger partial charge in [0.25, 0.3) is 0 Å². The number of nitrogens with zero attached hydrogens (tertiary/aromatic N) is 1. The summed E-state index contributed by atoms with van der Waals surface area (Å²) in [5.74, 6) is 2.40. The molecular formula is C36H42N4O6S2. The van der Waals surface area contributed by atoms with Gasteiger partial charge in [-0.15, -0.1) is 0 Å². The van der Waals surface area contributed by atoms with Gasteiger partial charge >= 0.3 is 11.6 Å². The Kier molecular flexibility index (Phi) is 8.70. The number of hydrogen-bond acceptors (Lipinski definition) is 11. The van der Waals surface area contributed by atoms with Gasteiger partial charge in [-0.2, -0.15) is 0 Å². The normalized spacial score (nSPS) is 30.3. The van der Waals surface area contributed by atoms with Crippen molar-refractivity contribution >= 4 is 44.4 Å². The molecule has 10 nitrogen and oxygen atoms in total. The van der Waals surface area contributed by atoms with Crippen molar-refractivity contribution in [3.63, 3.8) is 0 Å². The maximum Gasteiger partial charge on any atom is 0.336 e. The fourth-order valence-electron chi connectivity index (χ4n) is 7.89. The summed E-state index contributed by atoms with van der Waals surface area (Å²) in [4.78, 5) is 41.7. The Bertz CT molecular complexity index is 1870. The molecule has 1 saturated heterocycles. The molecule has 1 amide bonds. The van der Waals surface area contributed by atoms with Gasteiger partial charge in [-0.25, -0.2) is 9.59 Å². The zero-order valence-corrected chi connectivity index (χ0v) is 29.4. The molecule has 7 rings (SSSR count). The molecule has 12 heteroatoms. The van der Waals surface area contributed by atoms with E-state index in [0.29, 0.717) is 48.0 Å². The van der Waals surface area contributed by atoms with Crippen LogP contribution in [0.15, 0.2) is 79.8 Å². The monoisotopic (exact) mass is 690 g/mol. The van der Waals surface area contributed by atoms with Crippen molar-refractivity contribution in [2.75, 3.05) is 38.2 Å². The molecule has 4 aliphatic heterocycles. The number of esters is 1. The number of nitrogens with two attached hydrogens (primary N) is 1. The van der Waals surface area contributed by atoms with Crippen LogP contribution in [0.25, 0.3) is 11.0 Å². The highest BCUT2D eigenvalue weighted by Gasteiger charge is 2.64. The Morgan fingerprint density at radius 2 is 2.10 bits per heavy atom. The maximum absolute atomic E-state index is 14.0. The lowest BCUT2D eigenvalue weighted by molar-refractivity contribution is -0.186. The molecule has 0 bridgehead atoms. The number of fused-ring (bicyclic) bond motifs is 6. The Balaban J connectivity index is 1.39. The third-order valence-corrected chi connectivity index (χ3v) is 13.1. The number of hydrogen-bond donors (Lipinski definition) is 3. The first-order valence-electron chi connectivity index (χ1n) is 16.5. The summed E-state index contributed by atoms with van der Waals surface area (Å²) in [5, 5.41) is 7.35. The van der Waals surface area contributed by atoms with Crippen molar-refractivity contribution in [2.24, 2.45) is 17.6 Å². The van der Waals surface area contributed by atoms with E-state index < -0.39 is 28.7 Å². The van der Waals surface area contributed by atoms with Gasteiger partial charge in [0.2, 0.25) is 5.91 Å². The fourth-order valence-corrected chi connectivity index (χ4v) is 10.4. The van der Waals surface area contributed by atoms with E-state index in [2.05, 4.69) is 16.7 Å². The highest BCUT2D eigenvalue weighted by Crippen LogP contribution is 2.57. The van der Waals surface area contributed by atoms with Crippen LogP contribution in [0.1, 0.15) is 39.2 Å². The van der Waals surface area contributed by atoms with Crippen molar-refractivity contribution in [3.05, 3.63) is 86.6 Å². The van der Waals surface area contributed by atoms with Gasteiger partial charge in [0, 0.05) is 79.0 Å². The Hall–Kier alpha value is -3.61. The Labute approximate surface area is 288 Å². The molecule has 254 valence electrons. The third-order valence-electron chi connectivity index (χ3n) is 10.7. The molecule has 5 heterocycles. The fraction of sp³-hybridized carbons (Fsp3) is 0.472. The zero-order valence-electron chi connectivity index (χ0n) is 27.7. The van der Waals surface area contributed by atoms with Crippen molar-refractivity contribution in [2.45, 2.75) is 57.3 Å². The number of ether oxygens (including phenoxy) is 2. The maximum atomic E-state index is 14.0. The standard InChI is InChI=1S/C36H42N4O6S2/c1-5-20(2)34(43)46-35(3)9-8-22-18-47-48-19-27-25(15-38-4)17-40(27)31(41)11-24-16-39-30(37)12-26(24)33(22)36(35)14-23-10-21-6-7-32(42)44-28(21)13-29(23)45-36/h5-8,10,12-13,25,27,33,38-39H,9,11,14-19,37H2,1-4H3/b20-5+/t25-,27+,33-,35+,36+/m0/s1. The van der Waals surface area contributed by atoms with Crippen LogP contribution in [0, 0.1) is 11.8 Å². The van der Waals surface area contributed by atoms with Crippen molar-refractivity contribution in [3.8, 4) is 5.75 Å². The van der Waals surface area contributed by atoms with E-state index in [1.165, 1.54) is 6.07 Å². The highest BCUT2D eigenvalue weighted by atomic mass is 33.1. The van der Waals surface area contributed by atoms with E-state index in [1.807, 2.05) is 37.9 Å². The number of nitrogens with one attached hydrogen (secondary N) is 2. The second kappa shape index (κ2) is 12.7. The molecule has 1 spiro atoms. The van der Waals surface area contributed by atoms with Gasteiger partial charge in [0.15, 0.2) is 11.2 Å². The van der Waals surface area contributed by atoms with Gasteiger partial charge in [-0.3, -0.25) is 4.79 Å². The zero-order chi connectivity index (χ0) is 33.8. The number of dihydropyridines is 1. The van der Waals surface area contributed by atoms with Gasteiger partial charge in [-0.1, -0.05) is 39.3 Å². The molecule has 1 aromatic heterocycles. The summed E-state index contributed by atoms with van der Waals surface area (Å²) in [7, 11) is 5.54. The topological polar surface area (TPSA) is 136 Å². The molecule has 0 radical (unpaired) electrons. The quantitative estimate of drug-likeness (QED) is 0.140. The first-order valence-corrected chi connectivity index (χ1v) is 19.0. The number of allylic oxidation sites excluding steroid dienone is 2. The minimum absolute atomic E-state index is 0.104. The number of amides is 1. The summed E-state index contributed by atoms with van der Waals surface area (Å²) in [5.41, 5.74) is 8.74. The van der Waals surface area contributed by atoms with E-state index in [4.69, 9.17) is 19.6 Å². The minimum Gasteiger partial charge on any atom is -0.481 e.